The second kappa shape index (κ2) is 15.9. The van der Waals surface area contributed by atoms with Gasteiger partial charge in [-0.25, -0.2) is 9.97 Å². The molecule has 0 N–H and O–H groups in total. The van der Waals surface area contributed by atoms with Crippen LogP contribution in [0.4, 0.5) is 0 Å². The molecule has 0 unspecified atom stereocenters. The standard InChI is InChI=1S/C48H30N4O8.Fe/c53-45(54)29-9-1-25(2-10-29)41-33-17-19-35(49-33)42(26-3-11-30(12-4-26)46(55)56)37-21-23-39(51-37)44(28-7-15-32(16-8-28)48(59)60)40-24-22-38(52-40)43(36-20-18-34(41)50-36)27-5-13-31(14-6-27)47(57)58;/h1-24H,(H6,49,50,51,52,53,54,55,56,57,58,59,60);/q;+4/p-2. The second-order valence-corrected chi connectivity index (χ2v) is 13.8. The van der Waals surface area contributed by atoms with E-state index in [4.69, 9.17) is 19.9 Å². The molecule has 0 fully saturated rings. The predicted molar refractivity (Wildman–Crippen MR) is 220 cm³/mol. The van der Waals surface area contributed by atoms with Crippen LogP contribution in [-0.2, 0) is 17.1 Å². The van der Waals surface area contributed by atoms with Gasteiger partial charge in [0.2, 0.25) is 0 Å². The van der Waals surface area contributed by atoms with Crippen LogP contribution in [-0.4, -0.2) is 33.8 Å². The third kappa shape index (κ3) is 7.42. The Morgan fingerprint density at radius 3 is 0.721 bits per heavy atom. The topological polar surface area (TPSA) is 214 Å². The fraction of sp³-hybridized carbons (Fsp3) is 0. The van der Waals surface area contributed by atoms with Gasteiger partial charge in [-0.2, -0.15) is 0 Å². The van der Waals surface area contributed by atoms with Crippen molar-refractivity contribution in [3.8, 4) is 44.5 Å². The van der Waals surface area contributed by atoms with Crippen molar-refractivity contribution in [2.45, 2.75) is 0 Å². The molecule has 4 aromatic carbocycles. The normalized spacial score (nSPS) is 11.5. The molecule has 0 spiro atoms. The largest absolute Gasteiger partial charge is 4.00 e. The molecule has 13 heteroatoms. The Hall–Kier alpha value is -8.12. The molecule has 0 aliphatic carbocycles. The van der Waals surface area contributed by atoms with Crippen molar-refractivity contribution in [2.75, 3.05) is 0 Å². The Bertz CT molecular complexity index is 2780. The first-order valence-electron chi connectivity index (χ1n) is 18.4. The molecule has 294 valence electrons. The summed E-state index contributed by atoms with van der Waals surface area (Å²) in [4.78, 5) is 67.2. The van der Waals surface area contributed by atoms with Crippen LogP contribution in [0.1, 0.15) is 69.9 Å². The average Bonchev–Trinajstić information content (AvgIpc) is 4.10. The number of fused-ring (bicyclic) bond motifs is 8. The number of carbonyl (C=O) groups is 4. The van der Waals surface area contributed by atoms with Crippen LogP contribution in [0.2, 0.25) is 0 Å². The Kier molecular flexibility index (Phi) is 10.4. The summed E-state index contributed by atoms with van der Waals surface area (Å²) in [7, 11) is 0. The van der Waals surface area contributed by atoms with Crippen LogP contribution >= 0.6 is 0 Å². The summed E-state index contributed by atoms with van der Waals surface area (Å²) >= 11 is 0. The zero-order valence-corrected chi connectivity index (χ0v) is 32.4. The molecular weight excluding hydrogens is 816 g/mol. The molecule has 8 bridgehead atoms. The van der Waals surface area contributed by atoms with Gasteiger partial charge in [-0.1, -0.05) is 121 Å². The van der Waals surface area contributed by atoms with Gasteiger partial charge in [0.25, 0.3) is 0 Å². The number of nitrogens with zero attached hydrogens (tertiary/aromatic N) is 4. The SMILES string of the molecule is O=C([O-])c1ccc(-c2c3nc(c(-c4ccc(C(=O)[O-])cc4)c4ccc([n-]4)c(-c4ccc(C(=O)[O-])cc4)c4nc(c(-c5ccc(C(=O)[O-])cc5)c5ccc2[n-]5)C=C4)C=C3)cc1.[Fe+4].[H+].[H+].[H+].[H+]. The van der Waals surface area contributed by atoms with Crippen LogP contribution < -0.4 is 30.4 Å². The van der Waals surface area contributed by atoms with E-state index >= 15 is 0 Å². The van der Waals surface area contributed by atoms with Crippen LogP contribution in [0.25, 0.3) is 90.9 Å². The van der Waals surface area contributed by atoms with E-state index in [1.165, 1.54) is 48.5 Å². The molecule has 2 aliphatic rings. The van der Waals surface area contributed by atoms with Crippen molar-refractivity contribution in [3.63, 3.8) is 0 Å². The summed E-state index contributed by atoms with van der Waals surface area (Å²) < 4.78 is 0. The van der Waals surface area contributed by atoms with Gasteiger partial charge in [-0.3, -0.25) is 0 Å². The maximum Gasteiger partial charge on any atom is 4.00 e. The van der Waals surface area contributed by atoms with Gasteiger partial charge in [0, 0.05) is 0 Å². The minimum Gasteiger partial charge on any atom is -0.657 e. The predicted octanol–water partition coefficient (Wildman–Crippen LogP) is 4.48. The first-order valence-corrected chi connectivity index (χ1v) is 18.4. The van der Waals surface area contributed by atoms with Crippen molar-refractivity contribution >= 4 is 70.2 Å². The van der Waals surface area contributed by atoms with E-state index in [1.54, 1.807) is 97.1 Å². The van der Waals surface area contributed by atoms with E-state index in [1.807, 2.05) is 0 Å². The molecule has 3 aromatic heterocycles. The van der Waals surface area contributed by atoms with Gasteiger partial charge in [0.05, 0.1) is 46.7 Å². The molecule has 0 atom stereocenters. The number of carboxylic acids is 4. The van der Waals surface area contributed by atoms with Crippen molar-refractivity contribution in [1.29, 1.82) is 0 Å². The van der Waals surface area contributed by atoms with Gasteiger partial charge in [0.1, 0.15) is 0 Å². The minimum atomic E-state index is -1.34. The van der Waals surface area contributed by atoms with Crippen molar-refractivity contribution in [2.24, 2.45) is 0 Å². The molecule has 7 aromatic rings. The van der Waals surface area contributed by atoms with Crippen molar-refractivity contribution in [1.82, 2.24) is 19.9 Å². The van der Waals surface area contributed by atoms with Crippen LogP contribution in [0.15, 0.2) is 121 Å². The zero-order valence-electron chi connectivity index (χ0n) is 35.3. The number of hydrogen-bond donors (Lipinski definition) is 0. The molecule has 2 aliphatic heterocycles. The number of aromatic nitrogens is 4. The third-order valence-electron chi connectivity index (χ3n) is 10.2. The number of benzene rings is 4. The quantitative estimate of drug-likeness (QED) is 0.194. The van der Waals surface area contributed by atoms with E-state index in [0.717, 1.165) is 0 Å². The smallest absolute Gasteiger partial charge is 0.657 e. The van der Waals surface area contributed by atoms with Gasteiger partial charge in [-0.05, 0) is 91.1 Å². The second-order valence-electron chi connectivity index (χ2n) is 13.8. The minimum absolute atomic E-state index is 0. The molecule has 0 saturated carbocycles. The van der Waals surface area contributed by atoms with Crippen molar-refractivity contribution < 1.29 is 62.4 Å². The summed E-state index contributed by atoms with van der Waals surface area (Å²) in [6.45, 7) is 0. The number of rotatable bonds is 8. The molecule has 9 rings (SSSR count). The van der Waals surface area contributed by atoms with Gasteiger partial charge >= 0.3 is 22.8 Å². The number of carboxylic acid groups (broad SMARTS) is 4. The average molecular weight is 845 g/mol. The van der Waals surface area contributed by atoms with Crippen LogP contribution in [0, 0.1) is 0 Å². The summed E-state index contributed by atoms with van der Waals surface area (Å²) in [5.41, 5.74) is 8.39. The maximum absolute atomic E-state index is 11.7. The molecule has 0 saturated heterocycles. The monoisotopic (exact) mass is 844 g/mol. The fourth-order valence-electron chi connectivity index (χ4n) is 7.36. The summed E-state index contributed by atoms with van der Waals surface area (Å²) in [6.07, 6.45) is 7.20. The van der Waals surface area contributed by atoms with E-state index in [2.05, 4.69) is 0 Å². The Labute approximate surface area is 362 Å². The maximum atomic E-state index is 11.7. The van der Waals surface area contributed by atoms with Gasteiger partial charge in [-0.15, -0.1) is 22.1 Å². The van der Waals surface area contributed by atoms with Gasteiger partial charge in [0.15, 0.2) is 0 Å². The van der Waals surface area contributed by atoms with E-state index in [-0.39, 0.29) is 45.0 Å². The van der Waals surface area contributed by atoms with E-state index in [9.17, 15) is 39.6 Å². The molecule has 5 heterocycles. The zero-order chi connectivity index (χ0) is 41.7. The van der Waals surface area contributed by atoms with E-state index in [0.29, 0.717) is 89.4 Å². The summed E-state index contributed by atoms with van der Waals surface area (Å²) in [6, 6.07) is 31.8. The van der Waals surface area contributed by atoms with Crippen molar-refractivity contribution in [3.05, 3.63) is 166 Å². The van der Waals surface area contributed by atoms with Gasteiger partial charge < -0.3 is 49.6 Å². The number of hydrogen-bond acceptors (Lipinski definition) is 10. The molecule has 12 nitrogen and oxygen atoms in total. The first kappa shape index (κ1) is 39.7. The fourth-order valence-corrected chi connectivity index (χ4v) is 7.36. The Balaban J connectivity index is 0.00000185. The van der Waals surface area contributed by atoms with Crippen LogP contribution in [0.5, 0.6) is 0 Å². The molecule has 0 radical (unpaired) electrons. The Morgan fingerprint density at radius 2 is 0.541 bits per heavy atom. The van der Waals surface area contributed by atoms with E-state index < -0.39 is 23.9 Å². The summed E-state index contributed by atoms with van der Waals surface area (Å²) in [5.74, 6) is -5.34. The first-order chi connectivity index (χ1) is 29.0. The third-order valence-corrected chi connectivity index (χ3v) is 10.2. The summed E-state index contributed by atoms with van der Waals surface area (Å²) in [5, 5.41) is 46.8. The van der Waals surface area contributed by atoms with Crippen LogP contribution in [0.3, 0.4) is 0 Å². The number of carbonyl (C=O) groups excluding carboxylic acids is 4. The molecular formula is C48H28FeN4O8+2. The Morgan fingerprint density at radius 1 is 0.344 bits per heavy atom. The molecule has 61 heavy (non-hydrogen) atoms. The number of aromatic carboxylic acids is 4. The molecule has 0 amide bonds.